The molecule has 2 unspecified atom stereocenters. The molecule has 102 valence electrons. The standard InChI is InChI=1S/C13H27NO3/c1-4-12(2)14(6-8-16-3)9-13(10-15)5-7-17-11-13/h12,15H,4-11H2,1-3H3. The van der Waals surface area contributed by atoms with Gasteiger partial charge in [0.25, 0.3) is 0 Å². The monoisotopic (exact) mass is 245 g/mol. The third kappa shape index (κ3) is 4.21. The number of hydrogen-bond acceptors (Lipinski definition) is 4. The smallest absolute Gasteiger partial charge is 0.0589 e. The van der Waals surface area contributed by atoms with E-state index in [9.17, 15) is 5.11 Å². The summed E-state index contributed by atoms with van der Waals surface area (Å²) >= 11 is 0. The summed E-state index contributed by atoms with van der Waals surface area (Å²) in [5.74, 6) is 0. The highest BCUT2D eigenvalue weighted by atomic mass is 16.5. The second-order valence-electron chi connectivity index (χ2n) is 5.18. The van der Waals surface area contributed by atoms with Crippen molar-refractivity contribution in [2.45, 2.75) is 32.7 Å². The number of nitrogens with zero attached hydrogens (tertiary/aromatic N) is 1. The maximum Gasteiger partial charge on any atom is 0.0589 e. The van der Waals surface area contributed by atoms with Crippen LogP contribution in [0.5, 0.6) is 0 Å². The number of aliphatic hydroxyl groups is 1. The first-order chi connectivity index (χ1) is 8.17. The summed E-state index contributed by atoms with van der Waals surface area (Å²) in [6.45, 7) is 8.68. The van der Waals surface area contributed by atoms with Crippen LogP contribution in [0.1, 0.15) is 26.7 Å². The molecule has 0 saturated carbocycles. The summed E-state index contributed by atoms with van der Waals surface area (Å²) in [5.41, 5.74) is -0.0584. The van der Waals surface area contributed by atoms with Crippen LogP contribution in [0.25, 0.3) is 0 Å². The molecular weight excluding hydrogens is 218 g/mol. The quantitative estimate of drug-likeness (QED) is 0.696. The fourth-order valence-electron chi connectivity index (χ4n) is 2.30. The molecule has 0 amide bonds. The van der Waals surface area contributed by atoms with Gasteiger partial charge in [-0.3, -0.25) is 4.90 Å². The van der Waals surface area contributed by atoms with Gasteiger partial charge in [-0.25, -0.2) is 0 Å². The molecule has 1 heterocycles. The minimum Gasteiger partial charge on any atom is -0.396 e. The molecule has 17 heavy (non-hydrogen) atoms. The SMILES string of the molecule is CCC(C)N(CCOC)CC1(CO)CCOC1. The summed E-state index contributed by atoms with van der Waals surface area (Å²) in [6, 6.07) is 0.522. The molecule has 0 aliphatic carbocycles. The second-order valence-corrected chi connectivity index (χ2v) is 5.18. The van der Waals surface area contributed by atoms with Crippen LogP contribution in [0.2, 0.25) is 0 Å². The van der Waals surface area contributed by atoms with Gasteiger partial charge >= 0.3 is 0 Å². The normalized spacial score (nSPS) is 26.6. The average Bonchev–Trinajstić information content (AvgIpc) is 2.82. The second kappa shape index (κ2) is 7.31. The molecule has 4 heteroatoms. The summed E-state index contributed by atoms with van der Waals surface area (Å²) in [7, 11) is 1.73. The van der Waals surface area contributed by atoms with E-state index in [0.29, 0.717) is 12.6 Å². The number of aliphatic hydroxyl groups excluding tert-OH is 1. The Morgan fingerprint density at radius 1 is 1.53 bits per heavy atom. The molecule has 1 fully saturated rings. The van der Waals surface area contributed by atoms with Crippen molar-refractivity contribution in [3.05, 3.63) is 0 Å². The molecule has 0 bridgehead atoms. The Morgan fingerprint density at radius 2 is 2.29 bits per heavy atom. The molecule has 0 aromatic rings. The maximum absolute atomic E-state index is 9.61. The molecule has 4 nitrogen and oxygen atoms in total. The summed E-state index contributed by atoms with van der Waals surface area (Å²) < 4.78 is 10.6. The Labute approximate surface area is 105 Å². The van der Waals surface area contributed by atoms with Gasteiger partial charge in [0.05, 0.1) is 19.8 Å². The largest absolute Gasteiger partial charge is 0.396 e. The molecule has 1 saturated heterocycles. The minimum atomic E-state index is -0.0584. The lowest BCUT2D eigenvalue weighted by atomic mass is 9.87. The van der Waals surface area contributed by atoms with Gasteiger partial charge in [0.15, 0.2) is 0 Å². The van der Waals surface area contributed by atoms with Crippen LogP contribution in [0.15, 0.2) is 0 Å². The summed E-state index contributed by atoms with van der Waals surface area (Å²) in [5, 5.41) is 9.61. The number of hydrogen-bond donors (Lipinski definition) is 1. The van der Waals surface area contributed by atoms with Gasteiger partial charge in [0, 0.05) is 38.3 Å². The minimum absolute atomic E-state index is 0.0584. The highest BCUT2D eigenvalue weighted by Gasteiger charge is 2.36. The van der Waals surface area contributed by atoms with Crippen LogP contribution in [0.4, 0.5) is 0 Å². The zero-order valence-corrected chi connectivity index (χ0v) is 11.4. The first kappa shape index (κ1) is 14.9. The Hall–Kier alpha value is -0.160. The van der Waals surface area contributed by atoms with Crippen LogP contribution < -0.4 is 0 Å². The molecule has 1 N–H and O–H groups in total. The molecule has 1 rings (SSSR count). The highest BCUT2D eigenvalue weighted by Crippen LogP contribution is 2.29. The Morgan fingerprint density at radius 3 is 2.76 bits per heavy atom. The van der Waals surface area contributed by atoms with Gasteiger partial charge in [0.2, 0.25) is 0 Å². The highest BCUT2D eigenvalue weighted by molar-refractivity contribution is 4.87. The van der Waals surface area contributed by atoms with E-state index in [-0.39, 0.29) is 12.0 Å². The predicted molar refractivity (Wildman–Crippen MR) is 68.2 cm³/mol. The van der Waals surface area contributed by atoms with Gasteiger partial charge in [-0.2, -0.15) is 0 Å². The average molecular weight is 245 g/mol. The van der Waals surface area contributed by atoms with Crippen LogP contribution in [-0.4, -0.2) is 62.7 Å². The van der Waals surface area contributed by atoms with Gasteiger partial charge in [0.1, 0.15) is 0 Å². The summed E-state index contributed by atoms with van der Waals surface area (Å²) in [6.07, 6.45) is 2.08. The van der Waals surface area contributed by atoms with Crippen molar-refractivity contribution >= 4 is 0 Å². The fourth-order valence-corrected chi connectivity index (χ4v) is 2.30. The van der Waals surface area contributed by atoms with Gasteiger partial charge in [-0.1, -0.05) is 6.92 Å². The van der Waals surface area contributed by atoms with Gasteiger partial charge < -0.3 is 14.6 Å². The van der Waals surface area contributed by atoms with Crippen molar-refractivity contribution in [3.63, 3.8) is 0 Å². The summed E-state index contributed by atoms with van der Waals surface area (Å²) in [4.78, 5) is 2.41. The lowest BCUT2D eigenvalue weighted by Crippen LogP contribution is -2.45. The lowest BCUT2D eigenvalue weighted by Gasteiger charge is -2.36. The molecule has 0 spiro atoms. The van der Waals surface area contributed by atoms with Crippen molar-refractivity contribution in [2.75, 3.05) is 46.6 Å². The van der Waals surface area contributed by atoms with E-state index in [0.717, 1.165) is 39.1 Å². The van der Waals surface area contributed by atoms with E-state index in [1.165, 1.54) is 0 Å². The van der Waals surface area contributed by atoms with Crippen LogP contribution >= 0.6 is 0 Å². The lowest BCUT2D eigenvalue weighted by molar-refractivity contribution is 0.0317. The van der Waals surface area contributed by atoms with E-state index < -0.39 is 0 Å². The van der Waals surface area contributed by atoms with Gasteiger partial charge in [-0.15, -0.1) is 0 Å². The van der Waals surface area contributed by atoms with Crippen molar-refractivity contribution in [1.82, 2.24) is 4.90 Å². The van der Waals surface area contributed by atoms with E-state index >= 15 is 0 Å². The van der Waals surface area contributed by atoms with Crippen molar-refractivity contribution in [3.8, 4) is 0 Å². The molecule has 1 aliphatic rings. The first-order valence-electron chi connectivity index (χ1n) is 6.59. The van der Waals surface area contributed by atoms with Gasteiger partial charge in [-0.05, 0) is 19.8 Å². The predicted octanol–water partition coefficient (Wildman–Crippen LogP) is 1.13. The Bertz CT molecular complexity index is 205. The Kier molecular flexibility index (Phi) is 6.41. The van der Waals surface area contributed by atoms with Crippen molar-refractivity contribution in [1.29, 1.82) is 0 Å². The zero-order chi connectivity index (χ0) is 12.7. The first-order valence-corrected chi connectivity index (χ1v) is 6.59. The topological polar surface area (TPSA) is 41.9 Å². The van der Waals surface area contributed by atoms with Crippen molar-refractivity contribution in [2.24, 2.45) is 5.41 Å². The third-order valence-corrected chi connectivity index (χ3v) is 3.86. The van der Waals surface area contributed by atoms with Crippen LogP contribution in [0.3, 0.4) is 0 Å². The molecule has 0 aromatic heterocycles. The molecule has 0 radical (unpaired) electrons. The Balaban J connectivity index is 2.56. The van der Waals surface area contributed by atoms with Crippen molar-refractivity contribution < 1.29 is 14.6 Å². The number of methoxy groups -OCH3 is 1. The fraction of sp³-hybridized carbons (Fsp3) is 1.00. The number of rotatable bonds is 8. The molecule has 1 aliphatic heterocycles. The third-order valence-electron chi connectivity index (χ3n) is 3.86. The van der Waals surface area contributed by atoms with E-state index in [4.69, 9.17) is 9.47 Å². The maximum atomic E-state index is 9.61. The van der Waals surface area contributed by atoms with Crippen LogP contribution in [-0.2, 0) is 9.47 Å². The van der Waals surface area contributed by atoms with E-state index in [1.54, 1.807) is 7.11 Å². The zero-order valence-electron chi connectivity index (χ0n) is 11.4. The molecule has 2 atom stereocenters. The van der Waals surface area contributed by atoms with E-state index in [2.05, 4.69) is 18.7 Å². The molecule has 0 aromatic carbocycles. The van der Waals surface area contributed by atoms with Crippen LogP contribution in [0, 0.1) is 5.41 Å². The molecular formula is C13H27NO3. The number of ether oxygens (including phenoxy) is 2. The van der Waals surface area contributed by atoms with E-state index in [1.807, 2.05) is 0 Å².